The molecule has 7 heteroatoms. The summed E-state index contributed by atoms with van der Waals surface area (Å²) < 4.78 is 10.8. The summed E-state index contributed by atoms with van der Waals surface area (Å²) in [6.07, 6.45) is 0.627. The predicted octanol–water partition coefficient (Wildman–Crippen LogP) is 3.47. The van der Waals surface area contributed by atoms with Crippen LogP contribution in [0, 0.1) is 0 Å². The smallest absolute Gasteiger partial charge is 0.261 e. The predicted molar refractivity (Wildman–Crippen MR) is 93.1 cm³/mol. The van der Waals surface area contributed by atoms with Crippen LogP contribution in [0.15, 0.2) is 59.3 Å². The van der Waals surface area contributed by atoms with Crippen molar-refractivity contribution >= 4 is 17.5 Å². The zero-order valence-corrected chi connectivity index (χ0v) is 14.2. The average molecular weight is 358 g/mol. The van der Waals surface area contributed by atoms with Crippen LogP contribution in [0.5, 0.6) is 5.75 Å². The number of hydrogen-bond acceptors (Lipinski definition) is 5. The Balaban J connectivity index is 1.55. The number of carbonyl (C=O) groups excluding carboxylic acids is 1. The lowest BCUT2D eigenvalue weighted by molar-refractivity contribution is -0.127. The molecule has 2 aromatic carbocycles. The van der Waals surface area contributed by atoms with Gasteiger partial charge in [0.1, 0.15) is 5.75 Å². The molecule has 1 aromatic heterocycles. The van der Waals surface area contributed by atoms with E-state index in [2.05, 4.69) is 15.5 Å². The first-order valence-electron chi connectivity index (χ1n) is 7.68. The molecule has 0 fully saturated rings. The summed E-state index contributed by atoms with van der Waals surface area (Å²) in [4.78, 5) is 12.2. The molecule has 0 aliphatic carbocycles. The fourth-order valence-electron chi connectivity index (χ4n) is 2.20. The van der Waals surface area contributed by atoms with Crippen LogP contribution in [0.3, 0.4) is 0 Å². The van der Waals surface area contributed by atoms with Gasteiger partial charge in [0.2, 0.25) is 12.3 Å². The van der Waals surface area contributed by atoms with Crippen molar-refractivity contribution in [1.29, 1.82) is 0 Å². The Labute approximate surface area is 149 Å². The van der Waals surface area contributed by atoms with Crippen molar-refractivity contribution in [1.82, 2.24) is 15.5 Å². The van der Waals surface area contributed by atoms with Crippen molar-refractivity contribution in [2.24, 2.45) is 0 Å². The topological polar surface area (TPSA) is 77.2 Å². The van der Waals surface area contributed by atoms with Crippen molar-refractivity contribution in [3.05, 3.63) is 65.5 Å². The van der Waals surface area contributed by atoms with Gasteiger partial charge in [-0.2, -0.15) is 0 Å². The van der Waals surface area contributed by atoms with Gasteiger partial charge in [0.15, 0.2) is 6.10 Å². The van der Waals surface area contributed by atoms with Crippen LogP contribution >= 0.6 is 11.6 Å². The van der Waals surface area contributed by atoms with E-state index in [1.165, 1.54) is 6.39 Å². The second-order valence-electron chi connectivity index (χ2n) is 5.34. The summed E-state index contributed by atoms with van der Waals surface area (Å²) in [7, 11) is 0. The lowest BCUT2D eigenvalue weighted by atomic mass is 10.2. The number of carbonyl (C=O) groups is 1. The Kier molecular flexibility index (Phi) is 5.30. The lowest BCUT2D eigenvalue weighted by Crippen LogP contribution is -2.35. The van der Waals surface area contributed by atoms with Gasteiger partial charge in [-0.25, -0.2) is 0 Å². The van der Waals surface area contributed by atoms with Gasteiger partial charge in [-0.3, -0.25) is 4.79 Å². The van der Waals surface area contributed by atoms with Crippen LogP contribution in [0.1, 0.15) is 12.5 Å². The molecule has 0 aliphatic rings. The van der Waals surface area contributed by atoms with Gasteiger partial charge in [-0.1, -0.05) is 29.8 Å². The van der Waals surface area contributed by atoms with E-state index in [4.69, 9.17) is 20.8 Å². The molecule has 1 amide bonds. The van der Waals surface area contributed by atoms with Crippen molar-refractivity contribution in [2.45, 2.75) is 19.6 Å². The van der Waals surface area contributed by atoms with E-state index < -0.39 is 6.10 Å². The number of aromatic nitrogens is 2. The highest BCUT2D eigenvalue weighted by atomic mass is 35.5. The van der Waals surface area contributed by atoms with Crippen molar-refractivity contribution in [3.8, 4) is 17.2 Å². The molecular formula is C18H16ClN3O3. The Morgan fingerprint density at radius 2 is 2.00 bits per heavy atom. The minimum Gasteiger partial charge on any atom is -0.481 e. The van der Waals surface area contributed by atoms with Gasteiger partial charge in [-0.15, -0.1) is 10.2 Å². The molecular weight excluding hydrogens is 342 g/mol. The number of amides is 1. The van der Waals surface area contributed by atoms with E-state index in [0.717, 1.165) is 11.1 Å². The molecule has 1 heterocycles. The van der Waals surface area contributed by atoms with E-state index in [1.807, 2.05) is 18.2 Å². The Morgan fingerprint density at radius 1 is 1.24 bits per heavy atom. The highest BCUT2D eigenvalue weighted by Gasteiger charge is 2.15. The maximum absolute atomic E-state index is 12.2. The monoisotopic (exact) mass is 357 g/mol. The fraction of sp³-hybridized carbons (Fsp3) is 0.167. The number of benzene rings is 2. The third-order valence-corrected chi connectivity index (χ3v) is 3.92. The first-order valence-corrected chi connectivity index (χ1v) is 8.05. The summed E-state index contributed by atoms with van der Waals surface area (Å²) >= 11 is 6.07. The first-order chi connectivity index (χ1) is 12.1. The molecule has 0 spiro atoms. The SMILES string of the molecule is C[C@@H](Oc1ccc(-c2nnco2)cc1)C(=O)NCc1ccccc1Cl. The van der Waals surface area contributed by atoms with E-state index in [9.17, 15) is 4.79 Å². The fourth-order valence-corrected chi connectivity index (χ4v) is 2.40. The standard InChI is InChI=1S/C18H16ClN3O3/c1-12(17(23)20-10-14-4-2-3-5-16(14)19)25-15-8-6-13(7-9-15)18-22-21-11-24-18/h2-9,11-12H,10H2,1H3,(H,20,23)/t12-/m1/s1. The van der Waals surface area contributed by atoms with Crippen LogP contribution in [-0.4, -0.2) is 22.2 Å². The molecule has 25 heavy (non-hydrogen) atoms. The van der Waals surface area contributed by atoms with E-state index in [-0.39, 0.29) is 5.91 Å². The summed E-state index contributed by atoms with van der Waals surface area (Å²) in [6, 6.07) is 14.4. The third-order valence-electron chi connectivity index (χ3n) is 3.55. The molecule has 0 saturated heterocycles. The van der Waals surface area contributed by atoms with E-state index >= 15 is 0 Å². The Hall–Kier alpha value is -2.86. The largest absolute Gasteiger partial charge is 0.481 e. The molecule has 128 valence electrons. The van der Waals surface area contributed by atoms with Crippen LogP contribution in [0.2, 0.25) is 5.02 Å². The number of nitrogens with one attached hydrogen (secondary N) is 1. The summed E-state index contributed by atoms with van der Waals surface area (Å²) in [5.74, 6) is 0.779. The molecule has 0 radical (unpaired) electrons. The zero-order valence-electron chi connectivity index (χ0n) is 13.5. The molecule has 6 nitrogen and oxygen atoms in total. The second kappa shape index (κ2) is 7.81. The summed E-state index contributed by atoms with van der Waals surface area (Å²) in [6.45, 7) is 2.04. The number of ether oxygens (including phenoxy) is 1. The number of halogens is 1. The molecule has 3 aromatic rings. The number of nitrogens with zero attached hydrogens (tertiary/aromatic N) is 2. The highest BCUT2D eigenvalue weighted by Crippen LogP contribution is 2.21. The first kappa shape index (κ1) is 17.0. The maximum atomic E-state index is 12.2. The zero-order chi connectivity index (χ0) is 17.6. The minimum atomic E-state index is -0.642. The van der Waals surface area contributed by atoms with Crippen molar-refractivity contribution < 1.29 is 13.9 Å². The Bertz CT molecular complexity index is 835. The van der Waals surface area contributed by atoms with Crippen molar-refractivity contribution in [2.75, 3.05) is 0 Å². The van der Waals surface area contributed by atoms with Gasteiger partial charge in [0.05, 0.1) is 0 Å². The van der Waals surface area contributed by atoms with Crippen LogP contribution in [0.25, 0.3) is 11.5 Å². The van der Waals surface area contributed by atoms with Crippen molar-refractivity contribution in [3.63, 3.8) is 0 Å². The van der Waals surface area contributed by atoms with E-state index in [1.54, 1.807) is 37.3 Å². The molecule has 0 aliphatic heterocycles. The Morgan fingerprint density at radius 3 is 2.68 bits per heavy atom. The molecule has 1 N–H and O–H groups in total. The number of rotatable bonds is 6. The van der Waals surface area contributed by atoms with Crippen LogP contribution < -0.4 is 10.1 Å². The summed E-state index contributed by atoms with van der Waals surface area (Å²) in [5, 5.41) is 10.9. The summed E-state index contributed by atoms with van der Waals surface area (Å²) in [5.41, 5.74) is 1.63. The van der Waals surface area contributed by atoms with Gasteiger partial charge in [0, 0.05) is 17.1 Å². The van der Waals surface area contributed by atoms with E-state index in [0.29, 0.717) is 23.2 Å². The lowest BCUT2D eigenvalue weighted by Gasteiger charge is -2.15. The van der Waals surface area contributed by atoms with Gasteiger partial charge >= 0.3 is 0 Å². The quantitative estimate of drug-likeness (QED) is 0.730. The second-order valence-corrected chi connectivity index (χ2v) is 5.74. The third kappa shape index (κ3) is 4.36. The molecule has 0 saturated carbocycles. The van der Waals surface area contributed by atoms with Gasteiger partial charge in [-0.05, 0) is 42.8 Å². The maximum Gasteiger partial charge on any atom is 0.261 e. The molecule has 3 rings (SSSR count). The van der Waals surface area contributed by atoms with Gasteiger partial charge < -0.3 is 14.5 Å². The molecule has 1 atom stereocenters. The highest BCUT2D eigenvalue weighted by molar-refractivity contribution is 6.31. The number of hydrogen-bond donors (Lipinski definition) is 1. The van der Waals surface area contributed by atoms with Crippen LogP contribution in [-0.2, 0) is 11.3 Å². The molecule has 0 unspecified atom stereocenters. The van der Waals surface area contributed by atoms with Crippen LogP contribution in [0.4, 0.5) is 0 Å². The average Bonchev–Trinajstić information content (AvgIpc) is 3.16. The normalized spacial score (nSPS) is 11.8. The van der Waals surface area contributed by atoms with Gasteiger partial charge in [0.25, 0.3) is 5.91 Å². The minimum absolute atomic E-state index is 0.221. The molecule has 0 bridgehead atoms.